The number of rotatable bonds is 5. The number of carbonyl (C=O) groups is 2. The third kappa shape index (κ3) is 4.62. The van der Waals surface area contributed by atoms with Crippen LogP contribution in [0.2, 0.25) is 0 Å². The Kier molecular flexibility index (Phi) is 6.84. The van der Waals surface area contributed by atoms with Gasteiger partial charge in [0.1, 0.15) is 11.9 Å². The second-order valence-corrected chi connectivity index (χ2v) is 12.0. The number of methoxy groups -OCH3 is 1. The van der Waals surface area contributed by atoms with Gasteiger partial charge in [-0.25, -0.2) is 9.78 Å². The predicted octanol–water partition coefficient (Wildman–Crippen LogP) is 3.52. The Labute approximate surface area is 225 Å². The minimum absolute atomic E-state index is 0.0716. The van der Waals surface area contributed by atoms with E-state index in [1.54, 1.807) is 0 Å². The van der Waals surface area contributed by atoms with Gasteiger partial charge >= 0.3 is 13.2 Å². The van der Waals surface area contributed by atoms with Gasteiger partial charge in [0.05, 0.1) is 30.0 Å². The molecular weight excluding hydrogens is 483 g/mol. The molecule has 0 spiro atoms. The van der Waals surface area contributed by atoms with Crippen molar-refractivity contribution in [2.75, 3.05) is 13.7 Å². The van der Waals surface area contributed by atoms with Gasteiger partial charge in [-0.2, -0.15) is 0 Å². The van der Waals surface area contributed by atoms with E-state index in [1.165, 1.54) is 12.7 Å². The van der Waals surface area contributed by atoms with Crippen molar-refractivity contribution in [3.63, 3.8) is 0 Å². The van der Waals surface area contributed by atoms with E-state index in [4.69, 9.17) is 19.0 Å². The molecule has 1 unspecified atom stereocenters. The summed E-state index contributed by atoms with van der Waals surface area (Å²) < 4.78 is 17.3. The Morgan fingerprint density at radius 3 is 2.55 bits per heavy atom. The molecule has 2 fully saturated rings. The Morgan fingerprint density at radius 2 is 1.89 bits per heavy atom. The zero-order valence-electron chi connectivity index (χ0n) is 23.5. The number of nitrogens with zero attached hydrogens (tertiary/aromatic N) is 2. The van der Waals surface area contributed by atoms with Crippen molar-refractivity contribution >= 4 is 24.6 Å². The van der Waals surface area contributed by atoms with Gasteiger partial charge < -0.3 is 29.2 Å². The first-order valence-electron chi connectivity index (χ1n) is 13.6. The lowest BCUT2D eigenvalue weighted by Gasteiger charge is -2.32. The quantitative estimate of drug-likeness (QED) is 0.583. The van der Waals surface area contributed by atoms with E-state index in [0.717, 1.165) is 53.9 Å². The SMILES string of the molecule is COC(=O)N[C@H](C(=O)N1CCCC1c1nc2c([nH]1)CCc1cc(B3OC(C)(C)C(C)(C)O3)ccc1-2)C(C)C. The van der Waals surface area contributed by atoms with Crippen LogP contribution in [0.3, 0.4) is 0 Å². The highest BCUT2D eigenvalue weighted by Gasteiger charge is 2.51. The van der Waals surface area contributed by atoms with Gasteiger partial charge in [0.25, 0.3) is 0 Å². The Bertz CT molecular complexity index is 1220. The molecule has 3 aliphatic rings. The van der Waals surface area contributed by atoms with Crippen LogP contribution < -0.4 is 10.8 Å². The van der Waals surface area contributed by atoms with Crippen molar-refractivity contribution in [3.05, 3.63) is 35.3 Å². The molecule has 2 saturated heterocycles. The number of likely N-dealkylation sites (tertiary alicyclic amines) is 1. The third-order valence-corrected chi connectivity index (χ3v) is 8.59. The zero-order valence-corrected chi connectivity index (χ0v) is 23.5. The monoisotopic (exact) mass is 522 g/mol. The number of benzene rings is 1. The van der Waals surface area contributed by atoms with Crippen LogP contribution in [0.5, 0.6) is 0 Å². The summed E-state index contributed by atoms with van der Waals surface area (Å²) >= 11 is 0. The first-order valence-corrected chi connectivity index (χ1v) is 13.6. The smallest absolute Gasteiger partial charge is 0.453 e. The number of imidazole rings is 1. The van der Waals surface area contributed by atoms with Crippen molar-refractivity contribution in [3.8, 4) is 11.3 Å². The molecular formula is C28H39BN4O5. The van der Waals surface area contributed by atoms with Crippen LogP contribution in [0.1, 0.15) is 77.5 Å². The van der Waals surface area contributed by atoms with Gasteiger partial charge in [-0.05, 0) is 70.3 Å². The minimum Gasteiger partial charge on any atom is -0.453 e. The maximum atomic E-state index is 13.5. The lowest BCUT2D eigenvalue weighted by atomic mass is 9.76. The summed E-state index contributed by atoms with van der Waals surface area (Å²) in [6.07, 6.45) is 2.86. The number of aromatic amines is 1. The first kappa shape index (κ1) is 26.7. The summed E-state index contributed by atoms with van der Waals surface area (Å²) in [4.78, 5) is 35.8. The van der Waals surface area contributed by atoms with Crippen molar-refractivity contribution in [1.82, 2.24) is 20.2 Å². The van der Waals surface area contributed by atoms with Crippen LogP contribution in [-0.2, 0) is 31.7 Å². The number of alkyl carbamates (subject to hydrolysis) is 1. The summed E-state index contributed by atoms with van der Waals surface area (Å²) in [5.74, 6) is 0.636. The number of amides is 2. The fourth-order valence-corrected chi connectivity index (χ4v) is 5.62. The van der Waals surface area contributed by atoms with E-state index in [0.29, 0.717) is 6.54 Å². The molecule has 9 nitrogen and oxygen atoms in total. The van der Waals surface area contributed by atoms with Crippen molar-refractivity contribution < 1.29 is 23.6 Å². The molecule has 0 bridgehead atoms. The van der Waals surface area contributed by atoms with E-state index in [-0.39, 0.29) is 29.1 Å². The molecule has 2 N–H and O–H groups in total. The van der Waals surface area contributed by atoms with Crippen molar-refractivity contribution in [2.24, 2.45) is 5.92 Å². The van der Waals surface area contributed by atoms with E-state index in [2.05, 4.69) is 56.2 Å². The van der Waals surface area contributed by atoms with Gasteiger partial charge in [0.2, 0.25) is 5.91 Å². The van der Waals surface area contributed by atoms with Gasteiger partial charge in [-0.15, -0.1) is 0 Å². The lowest BCUT2D eigenvalue weighted by Crippen LogP contribution is -2.51. The molecule has 0 saturated carbocycles. The number of aryl methyl sites for hydroxylation is 2. The number of fused-ring (bicyclic) bond motifs is 3. The second kappa shape index (κ2) is 9.72. The molecule has 2 amide bonds. The highest BCUT2D eigenvalue weighted by Crippen LogP contribution is 2.39. The lowest BCUT2D eigenvalue weighted by molar-refractivity contribution is -0.135. The van der Waals surface area contributed by atoms with Crippen molar-refractivity contribution in [2.45, 2.75) is 90.5 Å². The Morgan fingerprint density at radius 1 is 1.18 bits per heavy atom. The number of ether oxygens (including phenoxy) is 1. The summed E-state index contributed by atoms with van der Waals surface area (Å²) in [5.41, 5.74) is 4.64. The van der Waals surface area contributed by atoms with E-state index in [1.807, 2.05) is 18.7 Å². The van der Waals surface area contributed by atoms with E-state index in [9.17, 15) is 9.59 Å². The minimum atomic E-state index is -0.651. The Balaban J connectivity index is 1.38. The third-order valence-electron chi connectivity index (χ3n) is 8.59. The van der Waals surface area contributed by atoms with Crippen LogP contribution in [0.25, 0.3) is 11.3 Å². The number of carbonyl (C=O) groups excluding carboxylic acids is 2. The Hall–Kier alpha value is -2.85. The molecule has 1 aliphatic carbocycles. The largest absolute Gasteiger partial charge is 0.494 e. The molecule has 1 aromatic carbocycles. The fourth-order valence-electron chi connectivity index (χ4n) is 5.62. The van der Waals surface area contributed by atoms with Crippen molar-refractivity contribution in [1.29, 1.82) is 0 Å². The highest BCUT2D eigenvalue weighted by atomic mass is 16.7. The summed E-state index contributed by atoms with van der Waals surface area (Å²) in [5, 5.41) is 2.71. The van der Waals surface area contributed by atoms with E-state index < -0.39 is 19.3 Å². The number of aromatic nitrogens is 2. The molecule has 0 radical (unpaired) electrons. The maximum absolute atomic E-state index is 13.5. The molecule has 2 atom stereocenters. The number of hydrogen-bond acceptors (Lipinski definition) is 6. The fraction of sp³-hybridized carbons (Fsp3) is 0.607. The van der Waals surface area contributed by atoms with Crippen LogP contribution in [0.4, 0.5) is 4.79 Å². The molecule has 2 aromatic rings. The van der Waals surface area contributed by atoms with Gasteiger partial charge in [0, 0.05) is 17.8 Å². The summed E-state index contributed by atoms with van der Waals surface area (Å²) in [6.45, 7) is 12.7. The summed E-state index contributed by atoms with van der Waals surface area (Å²) in [6, 6.07) is 5.57. The highest BCUT2D eigenvalue weighted by molar-refractivity contribution is 6.62. The van der Waals surface area contributed by atoms with Crippen LogP contribution >= 0.6 is 0 Å². The average molecular weight is 522 g/mol. The second-order valence-electron chi connectivity index (χ2n) is 12.0. The van der Waals surface area contributed by atoms with Gasteiger partial charge in [0.15, 0.2) is 0 Å². The average Bonchev–Trinajstić information content (AvgIpc) is 3.57. The molecule has 3 heterocycles. The predicted molar refractivity (Wildman–Crippen MR) is 145 cm³/mol. The molecule has 10 heteroatoms. The molecule has 5 rings (SSSR count). The number of hydrogen-bond donors (Lipinski definition) is 2. The zero-order chi connectivity index (χ0) is 27.4. The topological polar surface area (TPSA) is 106 Å². The van der Waals surface area contributed by atoms with Crippen LogP contribution in [0.15, 0.2) is 18.2 Å². The first-order chi connectivity index (χ1) is 17.9. The van der Waals surface area contributed by atoms with Crippen LogP contribution in [0, 0.1) is 5.92 Å². The standard InChI is InChI=1S/C28H39BN4O5/c1-16(2)22(32-26(35)36-7)25(34)33-14-8-9-21(33)24-30-20-13-10-17-15-18(11-12-19(17)23(20)31-24)29-37-27(3,4)28(5,6)38-29/h11-12,15-16,21-22H,8-10,13-14H2,1-7H3,(H,30,31)(H,32,35)/t21?,22-/m0/s1. The summed E-state index contributed by atoms with van der Waals surface area (Å²) in [7, 11) is 0.909. The molecule has 1 aromatic heterocycles. The van der Waals surface area contributed by atoms with E-state index >= 15 is 0 Å². The molecule has 38 heavy (non-hydrogen) atoms. The molecule has 2 aliphatic heterocycles. The van der Waals surface area contributed by atoms with Gasteiger partial charge in [-0.3, -0.25) is 4.79 Å². The molecule has 204 valence electrons. The maximum Gasteiger partial charge on any atom is 0.494 e. The van der Waals surface area contributed by atoms with Crippen LogP contribution in [-0.4, -0.2) is 64.9 Å². The number of H-pyrrole nitrogens is 1. The van der Waals surface area contributed by atoms with Gasteiger partial charge in [-0.1, -0.05) is 32.0 Å². The normalized spacial score (nSPS) is 22.3. The number of nitrogens with one attached hydrogen (secondary N) is 2.